The highest BCUT2D eigenvalue weighted by Crippen LogP contribution is 2.66. The van der Waals surface area contributed by atoms with Gasteiger partial charge in [-0.15, -0.1) is 0 Å². The lowest BCUT2D eigenvalue weighted by Gasteiger charge is -2.65. The second kappa shape index (κ2) is 8.14. The van der Waals surface area contributed by atoms with E-state index in [4.69, 9.17) is 0 Å². The van der Waals surface area contributed by atoms with E-state index >= 15 is 0 Å². The van der Waals surface area contributed by atoms with Crippen molar-refractivity contribution in [2.24, 2.45) is 16.7 Å². The van der Waals surface area contributed by atoms with Gasteiger partial charge in [0, 0.05) is 24.3 Å². The Bertz CT molecular complexity index is 1080. The SMILES string of the molecule is CCCCCn1cc(C(=O)NC23CC4CC(C)(CC(C)(C4)C2)C3)c(=O)cc1-c1ccccc1. The molecule has 6 rings (SSSR count). The summed E-state index contributed by atoms with van der Waals surface area (Å²) in [4.78, 5) is 26.7. The molecule has 4 aliphatic carbocycles. The number of hydrogen-bond donors (Lipinski definition) is 1. The van der Waals surface area contributed by atoms with Crippen LogP contribution in [0.3, 0.4) is 0 Å². The summed E-state index contributed by atoms with van der Waals surface area (Å²) < 4.78 is 2.11. The Hall–Kier alpha value is -2.36. The van der Waals surface area contributed by atoms with Crippen LogP contribution in [0.15, 0.2) is 47.4 Å². The highest BCUT2D eigenvalue weighted by Gasteiger charge is 2.60. The smallest absolute Gasteiger partial charge is 0.257 e. The normalized spacial score (nSPS) is 32.2. The summed E-state index contributed by atoms with van der Waals surface area (Å²) in [6.45, 7) is 7.81. The summed E-state index contributed by atoms with van der Waals surface area (Å²) in [6, 6.07) is 11.7. The Morgan fingerprint density at radius 1 is 1.03 bits per heavy atom. The summed E-state index contributed by atoms with van der Waals surface area (Å²) in [5.41, 5.74) is 2.50. The summed E-state index contributed by atoms with van der Waals surface area (Å²) in [5.74, 6) is 0.515. The second-order valence-electron chi connectivity index (χ2n) is 12.1. The number of aryl methyl sites for hydroxylation is 1. The van der Waals surface area contributed by atoms with Crippen LogP contribution in [0.25, 0.3) is 11.3 Å². The number of unbranched alkanes of at least 4 members (excludes halogenated alkanes) is 2. The average Bonchev–Trinajstić information content (AvgIpc) is 2.72. The van der Waals surface area contributed by atoms with Gasteiger partial charge in [-0.2, -0.15) is 0 Å². The number of nitrogens with one attached hydrogen (secondary N) is 1. The Morgan fingerprint density at radius 3 is 2.36 bits per heavy atom. The van der Waals surface area contributed by atoms with Gasteiger partial charge in [0.05, 0.1) is 5.69 Å². The molecule has 1 heterocycles. The first-order valence-corrected chi connectivity index (χ1v) is 12.8. The Kier molecular flexibility index (Phi) is 5.54. The van der Waals surface area contributed by atoms with Crippen LogP contribution < -0.4 is 10.7 Å². The first-order chi connectivity index (χ1) is 15.7. The van der Waals surface area contributed by atoms with Gasteiger partial charge in [-0.05, 0) is 67.3 Å². The van der Waals surface area contributed by atoms with Gasteiger partial charge in [0.2, 0.25) is 0 Å². The van der Waals surface area contributed by atoms with Gasteiger partial charge in [-0.25, -0.2) is 0 Å². The minimum Gasteiger partial charge on any atom is -0.346 e. The standard InChI is InChI=1S/C29H38N2O2/c1-4-5-9-12-31-17-23(25(32)13-24(31)22-10-7-6-8-11-22)26(33)30-29-16-21-14-27(2,19-29)18-28(3,15-21)20-29/h6-8,10-11,13,17,21H,4-5,9,12,14-16,18-20H2,1-3H3,(H,30,33). The molecule has 176 valence electrons. The maximum atomic E-state index is 13.6. The van der Waals surface area contributed by atoms with Gasteiger partial charge >= 0.3 is 0 Å². The molecule has 4 saturated carbocycles. The molecule has 1 aromatic heterocycles. The molecule has 33 heavy (non-hydrogen) atoms. The number of carbonyl (C=O) groups excluding carboxylic acids is 1. The molecule has 2 unspecified atom stereocenters. The fourth-order valence-electron chi connectivity index (χ4n) is 8.21. The highest BCUT2D eigenvalue weighted by molar-refractivity contribution is 5.94. The van der Waals surface area contributed by atoms with Crippen LogP contribution in [0.2, 0.25) is 0 Å². The molecule has 0 radical (unpaired) electrons. The van der Waals surface area contributed by atoms with Crippen molar-refractivity contribution in [3.63, 3.8) is 0 Å². The number of hydrogen-bond acceptors (Lipinski definition) is 2. The lowest BCUT2D eigenvalue weighted by atomic mass is 9.43. The maximum Gasteiger partial charge on any atom is 0.257 e. The van der Waals surface area contributed by atoms with Gasteiger partial charge < -0.3 is 9.88 Å². The van der Waals surface area contributed by atoms with E-state index in [9.17, 15) is 9.59 Å². The summed E-state index contributed by atoms with van der Waals surface area (Å²) >= 11 is 0. The molecule has 1 amide bonds. The number of amides is 1. The van der Waals surface area contributed by atoms with Gasteiger partial charge in [-0.1, -0.05) is 63.9 Å². The van der Waals surface area contributed by atoms with Gasteiger partial charge in [0.1, 0.15) is 5.56 Å². The quantitative estimate of drug-likeness (QED) is 0.516. The predicted octanol–water partition coefficient (Wildman–Crippen LogP) is 6.18. The topological polar surface area (TPSA) is 51.1 Å². The molecule has 0 aliphatic heterocycles. The third-order valence-electron chi connectivity index (χ3n) is 8.45. The largest absolute Gasteiger partial charge is 0.346 e. The van der Waals surface area contributed by atoms with E-state index in [2.05, 4.69) is 30.7 Å². The van der Waals surface area contributed by atoms with Crippen LogP contribution >= 0.6 is 0 Å². The summed E-state index contributed by atoms with van der Waals surface area (Å²) in [5, 5.41) is 3.43. The van der Waals surface area contributed by atoms with Crippen LogP contribution in [0, 0.1) is 16.7 Å². The Labute approximate surface area is 197 Å². The molecule has 4 nitrogen and oxygen atoms in total. The number of aromatic nitrogens is 1. The van der Waals surface area contributed by atoms with Crippen molar-refractivity contribution in [2.45, 2.75) is 90.6 Å². The number of rotatable bonds is 7. The monoisotopic (exact) mass is 446 g/mol. The molecule has 2 atom stereocenters. The average molecular weight is 447 g/mol. The number of benzene rings is 1. The molecule has 2 aromatic rings. The van der Waals surface area contributed by atoms with E-state index in [1.807, 2.05) is 36.5 Å². The van der Waals surface area contributed by atoms with Crippen LogP contribution in [0.4, 0.5) is 0 Å². The van der Waals surface area contributed by atoms with E-state index in [-0.39, 0.29) is 22.4 Å². The predicted molar refractivity (Wildman–Crippen MR) is 133 cm³/mol. The first kappa shape index (κ1) is 22.4. The fraction of sp³-hybridized carbons (Fsp3) is 0.586. The molecule has 1 N–H and O–H groups in total. The van der Waals surface area contributed by atoms with Crippen molar-refractivity contribution in [3.8, 4) is 11.3 Å². The van der Waals surface area contributed by atoms with E-state index in [1.54, 1.807) is 6.07 Å². The van der Waals surface area contributed by atoms with Crippen molar-refractivity contribution in [1.82, 2.24) is 9.88 Å². The molecule has 0 saturated heterocycles. The molecule has 0 spiro atoms. The van der Waals surface area contributed by atoms with Crippen LogP contribution in [-0.4, -0.2) is 16.0 Å². The lowest BCUT2D eigenvalue weighted by Crippen LogP contribution is -2.65. The van der Waals surface area contributed by atoms with Crippen molar-refractivity contribution < 1.29 is 4.79 Å². The summed E-state index contributed by atoms with van der Waals surface area (Å²) in [6.07, 6.45) is 12.1. The lowest BCUT2D eigenvalue weighted by molar-refractivity contribution is -0.114. The molecular weight excluding hydrogens is 408 g/mol. The molecule has 4 heteroatoms. The van der Waals surface area contributed by atoms with E-state index in [0.29, 0.717) is 16.7 Å². The maximum absolute atomic E-state index is 13.6. The van der Waals surface area contributed by atoms with Crippen molar-refractivity contribution in [3.05, 3.63) is 58.4 Å². The zero-order chi connectivity index (χ0) is 23.3. The number of nitrogens with zero attached hydrogens (tertiary/aromatic N) is 1. The van der Waals surface area contributed by atoms with E-state index < -0.39 is 0 Å². The van der Waals surface area contributed by atoms with Crippen LogP contribution in [0.1, 0.15) is 88.9 Å². The molecule has 4 fully saturated rings. The van der Waals surface area contributed by atoms with Crippen LogP contribution in [0.5, 0.6) is 0 Å². The minimum atomic E-state index is -0.182. The molecule has 1 aromatic carbocycles. The molecular formula is C29H38N2O2. The van der Waals surface area contributed by atoms with Crippen molar-refractivity contribution in [1.29, 1.82) is 0 Å². The number of pyridine rings is 1. The molecule has 4 aliphatic rings. The van der Waals surface area contributed by atoms with Gasteiger partial charge in [-0.3, -0.25) is 9.59 Å². The highest BCUT2D eigenvalue weighted by atomic mass is 16.2. The molecule has 4 bridgehead atoms. The minimum absolute atomic E-state index is 0.155. The van der Waals surface area contributed by atoms with E-state index in [1.165, 1.54) is 19.3 Å². The zero-order valence-corrected chi connectivity index (χ0v) is 20.5. The third-order valence-corrected chi connectivity index (χ3v) is 8.45. The Morgan fingerprint density at radius 2 is 1.73 bits per heavy atom. The second-order valence-corrected chi connectivity index (χ2v) is 12.1. The van der Waals surface area contributed by atoms with Crippen molar-refractivity contribution in [2.75, 3.05) is 0 Å². The zero-order valence-electron chi connectivity index (χ0n) is 20.5. The van der Waals surface area contributed by atoms with Crippen LogP contribution in [-0.2, 0) is 6.54 Å². The van der Waals surface area contributed by atoms with E-state index in [0.717, 1.165) is 56.3 Å². The third kappa shape index (κ3) is 4.29. The Balaban J connectivity index is 1.46. The first-order valence-electron chi connectivity index (χ1n) is 12.8. The summed E-state index contributed by atoms with van der Waals surface area (Å²) in [7, 11) is 0. The van der Waals surface area contributed by atoms with Gasteiger partial charge in [0.15, 0.2) is 5.43 Å². The fourth-order valence-corrected chi connectivity index (χ4v) is 8.21. The van der Waals surface area contributed by atoms with Gasteiger partial charge in [0.25, 0.3) is 5.91 Å². The number of carbonyl (C=O) groups is 1. The van der Waals surface area contributed by atoms with Crippen molar-refractivity contribution >= 4 is 5.91 Å².